The molecule has 0 spiro atoms. The standard InChI is InChI=1S/C63H118O6/c1-4-7-10-13-16-19-22-25-28-30-31-32-33-34-36-38-41-44-47-50-53-56-62(65)68-59-60(58-67-61(64)55-52-49-46-43-40-37-27-24-21-18-15-12-9-6-3)69-63(66)57-54-51-48-45-42-39-35-29-26-23-20-17-14-11-8-5-2/h24,27,30-31,60H,4-23,25-26,28-29,32-59H2,1-3H3/b27-24-,31-30-. The number of esters is 3. The second kappa shape index (κ2) is 58.5. The third-order valence-electron chi connectivity index (χ3n) is 13.9. The van der Waals surface area contributed by atoms with Crippen LogP contribution in [0.4, 0.5) is 0 Å². The number of allylic oxidation sites excluding steroid dienone is 4. The van der Waals surface area contributed by atoms with E-state index >= 15 is 0 Å². The lowest BCUT2D eigenvalue weighted by Gasteiger charge is -2.18. The molecule has 6 nitrogen and oxygen atoms in total. The van der Waals surface area contributed by atoms with Gasteiger partial charge in [0.15, 0.2) is 6.10 Å². The molecule has 0 aliphatic heterocycles. The molecule has 0 aliphatic rings. The quantitative estimate of drug-likeness (QED) is 0.0261. The van der Waals surface area contributed by atoms with E-state index in [0.29, 0.717) is 19.3 Å². The summed E-state index contributed by atoms with van der Waals surface area (Å²) in [4.78, 5) is 38.2. The maximum Gasteiger partial charge on any atom is 0.306 e. The number of ether oxygens (including phenoxy) is 3. The number of hydrogen-bond acceptors (Lipinski definition) is 6. The first-order valence-electron chi connectivity index (χ1n) is 30.8. The lowest BCUT2D eigenvalue weighted by atomic mass is 10.0. The monoisotopic (exact) mass is 971 g/mol. The van der Waals surface area contributed by atoms with Crippen molar-refractivity contribution in [3.8, 4) is 0 Å². The van der Waals surface area contributed by atoms with Crippen LogP contribution in [0, 0.1) is 0 Å². The van der Waals surface area contributed by atoms with Crippen molar-refractivity contribution in [2.75, 3.05) is 13.2 Å². The summed E-state index contributed by atoms with van der Waals surface area (Å²) < 4.78 is 16.9. The highest BCUT2D eigenvalue weighted by molar-refractivity contribution is 5.71. The highest BCUT2D eigenvalue weighted by Gasteiger charge is 2.19. The first-order chi connectivity index (χ1) is 34.0. The van der Waals surface area contributed by atoms with Gasteiger partial charge in [0, 0.05) is 19.3 Å². The van der Waals surface area contributed by atoms with E-state index in [1.807, 2.05) is 0 Å². The molecule has 0 rings (SSSR count). The van der Waals surface area contributed by atoms with Gasteiger partial charge >= 0.3 is 17.9 Å². The Morgan fingerprint density at radius 2 is 0.478 bits per heavy atom. The predicted octanol–water partition coefficient (Wildman–Crippen LogP) is 20.7. The van der Waals surface area contributed by atoms with E-state index in [-0.39, 0.29) is 31.1 Å². The fourth-order valence-corrected chi connectivity index (χ4v) is 9.26. The maximum atomic E-state index is 12.9. The Kier molecular flexibility index (Phi) is 56.7. The highest BCUT2D eigenvalue weighted by Crippen LogP contribution is 2.17. The van der Waals surface area contributed by atoms with Crippen LogP contribution in [0.3, 0.4) is 0 Å². The second-order valence-corrected chi connectivity index (χ2v) is 21.0. The van der Waals surface area contributed by atoms with Crippen molar-refractivity contribution in [1.82, 2.24) is 0 Å². The minimum Gasteiger partial charge on any atom is -0.462 e. The Hall–Kier alpha value is -2.11. The average molecular weight is 972 g/mol. The number of carbonyl (C=O) groups excluding carboxylic acids is 3. The number of carbonyl (C=O) groups is 3. The summed E-state index contributed by atoms with van der Waals surface area (Å²) in [5, 5.41) is 0. The molecular formula is C63H118O6. The zero-order valence-corrected chi connectivity index (χ0v) is 46.6. The second-order valence-electron chi connectivity index (χ2n) is 21.0. The van der Waals surface area contributed by atoms with Gasteiger partial charge in [-0.1, -0.05) is 276 Å². The molecule has 0 aromatic carbocycles. The highest BCUT2D eigenvalue weighted by atomic mass is 16.6. The van der Waals surface area contributed by atoms with Crippen molar-refractivity contribution in [3.05, 3.63) is 24.3 Å². The maximum absolute atomic E-state index is 12.9. The van der Waals surface area contributed by atoms with Crippen molar-refractivity contribution >= 4 is 17.9 Å². The van der Waals surface area contributed by atoms with Crippen LogP contribution in [0.5, 0.6) is 0 Å². The van der Waals surface area contributed by atoms with Crippen LogP contribution < -0.4 is 0 Å². The van der Waals surface area contributed by atoms with Gasteiger partial charge in [0.1, 0.15) is 13.2 Å². The Balaban J connectivity index is 4.30. The number of unbranched alkanes of at least 4 members (excludes halogenated alkanes) is 42. The zero-order valence-electron chi connectivity index (χ0n) is 46.6. The van der Waals surface area contributed by atoms with Gasteiger partial charge in [-0.3, -0.25) is 14.4 Å². The minimum atomic E-state index is -0.772. The topological polar surface area (TPSA) is 78.9 Å². The van der Waals surface area contributed by atoms with E-state index in [1.165, 1.54) is 238 Å². The molecule has 0 aromatic rings. The third-order valence-corrected chi connectivity index (χ3v) is 13.9. The van der Waals surface area contributed by atoms with Gasteiger partial charge in [-0.2, -0.15) is 0 Å². The van der Waals surface area contributed by atoms with Gasteiger partial charge in [-0.15, -0.1) is 0 Å². The molecule has 0 radical (unpaired) electrons. The fraction of sp³-hybridized carbons (Fsp3) is 0.889. The molecule has 1 unspecified atom stereocenters. The Bertz CT molecular complexity index is 1110. The average Bonchev–Trinajstić information content (AvgIpc) is 3.35. The van der Waals surface area contributed by atoms with Crippen LogP contribution >= 0.6 is 0 Å². The first kappa shape index (κ1) is 66.9. The summed E-state index contributed by atoms with van der Waals surface area (Å²) in [7, 11) is 0. The molecule has 0 saturated carbocycles. The molecule has 0 N–H and O–H groups in total. The number of hydrogen-bond donors (Lipinski definition) is 0. The molecule has 0 fully saturated rings. The molecule has 69 heavy (non-hydrogen) atoms. The predicted molar refractivity (Wildman–Crippen MR) is 298 cm³/mol. The van der Waals surface area contributed by atoms with Crippen LogP contribution in [0.2, 0.25) is 0 Å². The van der Waals surface area contributed by atoms with Gasteiger partial charge < -0.3 is 14.2 Å². The molecule has 0 heterocycles. The smallest absolute Gasteiger partial charge is 0.306 e. The van der Waals surface area contributed by atoms with E-state index in [1.54, 1.807) is 0 Å². The SMILES string of the molecule is CCCCCCC/C=C\CCCCCCCC(=O)OCC(COC(=O)CCCCCCCCCCC/C=C\CCCCCCCCCC)OC(=O)CCCCCCCCCCCCCCCCCC. The minimum absolute atomic E-state index is 0.0703. The van der Waals surface area contributed by atoms with Gasteiger partial charge in [0.05, 0.1) is 0 Å². The lowest BCUT2D eigenvalue weighted by molar-refractivity contribution is -0.167. The molecule has 406 valence electrons. The Morgan fingerprint density at radius 3 is 0.725 bits per heavy atom. The van der Waals surface area contributed by atoms with Crippen molar-refractivity contribution in [3.63, 3.8) is 0 Å². The molecule has 0 aromatic heterocycles. The molecular weight excluding hydrogens is 853 g/mol. The Morgan fingerprint density at radius 1 is 0.275 bits per heavy atom. The van der Waals surface area contributed by atoms with Crippen molar-refractivity contribution in [2.45, 2.75) is 348 Å². The third kappa shape index (κ3) is 56.7. The summed E-state index contributed by atoms with van der Waals surface area (Å²) in [6.07, 6.45) is 68.9. The van der Waals surface area contributed by atoms with Crippen LogP contribution in [-0.2, 0) is 28.6 Å². The lowest BCUT2D eigenvalue weighted by Crippen LogP contribution is -2.30. The van der Waals surface area contributed by atoms with E-state index < -0.39 is 6.10 Å². The van der Waals surface area contributed by atoms with Crippen molar-refractivity contribution in [2.24, 2.45) is 0 Å². The van der Waals surface area contributed by atoms with E-state index in [2.05, 4.69) is 45.1 Å². The normalized spacial score (nSPS) is 12.1. The van der Waals surface area contributed by atoms with Crippen LogP contribution in [0.1, 0.15) is 342 Å². The van der Waals surface area contributed by atoms with Crippen LogP contribution in [0.15, 0.2) is 24.3 Å². The fourth-order valence-electron chi connectivity index (χ4n) is 9.26. The van der Waals surface area contributed by atoms with E-state index in [0.717, 1.165) is 64.2 Å². The van der Waals surface area contributed by atoms with Crippen molar-refractivity contribution in [1.29, 1.82) is 0 Å². The molecule has 0 bridgehead atoms. The zero-order chi connectivity index (χ0) is 50.0. The van der Waals surface area contributed by atoms with Crippen molar-refractivity contribution < 1.29 is 28.6 Å². The molecule has 1 atom stereocenters. The Labute approximate surface area is 430 Å². The van der Waals surface area contributed by atoms with Crippen LogP contribution in [-0.4, -0.2) is 37.2 Å². The summed E-state index contributed by atoms with van der Waals surface area (Å²) in [5.74, 6) is -0.857. The van der Waals surface area contributed by atoms with E-state index in [9.17, 15) is 14.4 Å². The summed E-state index contributed by atoms with van der Waals surface area (Å²) in [6, 6.07) is 0. The molecule has 0 saturated heterocycles. The summed E-state index contributed by atoms with van der Waals surface area (Å²) in [5.41, 5.74) is 0. The first-order valence-corrected chi connectivity index (χ1v) is 30.8. The molecule has 0 amide bonds. The summed E-state index contributed by atoms with van der Waals surface area (Å²) in [6.45, 7) is 6.68. The largest absolute Gasteiger partial charge is 0.462 e. The van der Waals surface area contributed by atoms with Crippen LogP contribution in [0.25, 0.3) is 0 Å². The molecule has 6 heteroatoms. The number of rotatable bonds is 57. The van der Waals surface area contributed by atoms with Gasteiger partial charge in [0.25, 0.3) is 0 Å². The van der Waals surface area contributed by atoms with E-state index in [4.69, 9.17) is 14.2 Å². The molecule has 0 aliphatic carbocycles. The summed E-state index contributed by atoms with van der Waals surface area (Å²) >= 11 is 0. The van der Waals surface area contributed by atoms with Gasteiger partial charge in [0.2, 0.25) is 0 Å². The van der Waals surface area contributed by atoms with Gasteiger partial charge in [-0.25, -0.2) is 0 Å². The van der Waals surface area contributed by atoms with Gasteiger partial charge in [-0.05, 0) is 70.6 Å².